The fraction of sp³-hybridized carbons (Fsp3) is 0.292. The largest absolute Gasteiger partial charge is 0.483 e. The Kier molecular flexibility index (Phi) is 6.21. The second kappa shape index (κ2) is 8.89. The zero-order valence-electron chi connectivity index (χ0n) is 17.3. The summed E-state index contributed by atoms with van der Waals surface area (Å²) in [5.41, 5.74) is 1.82. The molecule has 0 N–H and O–H groups in total. The number of aryl methyl sites for hydroxylation is 1. The fourth-order valence-corrected chi connectivity index (χ4v) is 6.01. The number of hydrogen-bond acceptors (Lipinski definition) is 4. The van der Waals surface area contributed by atoms with Gasteiger partial charge in [0.25, 0.3) is 5.91 Å². The van der Waals surface area contributed by atoms with Crippen LogP contribution in [0.5, 0.6) is 5.75 Å². The Morgan fingerprint density at radius 2 is 1.90 bits per heavy atom. The van der Waals surface area contributed by atoms with Gasteiger partial charge in [0.15, 0.2) is 16.4 Å². The molecule has 0 spiro atoms. The van der Waals surface area contributed by atoms with E-state index in [1.54, 1.807) is 23.1 Å². The molecule has 0 saturated carbocycles. The molecule has 0 aliphatic carbocycles. The van der Waals surface area contributed by atoms with Crippen LogP contribution in [0.25, 0.3) is 10.8 Å². The van der Waals surface area contributed by atoms with Crippen LogP contribution in [0.1, 0.15) is 17.5 Å². The molecule has 162 valence electrons. The molecule has 3 aromatic rings. The first-order chi connectivity index (χ1) is 14.8. The summed E-state index contributed by atoms with van der Waals surface area (Å²) in [6.45, 7) is 2.04. The van der Waals surface area contributed by atoms with Gasteiger partial charge in [-0.25, -0.2) is 8.42 Å². The standard InChI is InChI=1S/C24H24ClNO4S/c1-17-13-20(25)9-10-23(17)30-15-24(27)26(21-11-12-31(28,29)16-21)14-19-7-4-6-18-5-2-3-8-22(18)19/h2-10,13,21H,11-12,14-16H2,1H3/t21-/m1/s1. The first-order valence-corrected chi connectivity index (χ1v) is 12.4. The lowest BCUT2D eigenvalue weighted by Gasteiger charge is -2.29. The van der Waals surface area contributed by atoms with Crippen LogP contribution in [0.4, 0.5) is 0 Å². The van der Waals surface area contributed by atoms with E-state index in [0.29, 0.717) is 23.7 Å². The van der Waals surface area contributed by atoms with E-state index in [1.165, 1.54) is 0 Å². The van der Waals surface area contributed by atoms with Crippen LogP contribution < -0.4 is 4.74 Å². The first kappa shape index (κ1) is 21.7. The van der Waals surface area contributed by atoms with Crippen LogP contribution in [-0.4, -0.2) is 43.4 Å². The number of amides is 1. The molecule has 1 fully saturated rings. The maximum absolute atomic E-state index is 13.2. The summed E-state index contributed by atoms with van der Waals surface area (Å²) < 4.78 is 30.0. The third kappa shape index (κ3) is 5.02. The number of nitrogens with zero attached hydrogens (tertiary/aromatic N) is 1. The SMILES string of the molecule is Cc1cc(Cl)ccc1OCC(=O)N(Cc1cccc2ccccc12)[C@@H]1CCS(=O)(=O)C1. The monoisotopic (exact) mass is 457 g/mol. The molecule has 1 saturated heterocycles. The van der Waals surface area contributed by atoms with Crippen molar-refractivity contribution < 1.29 is 17.9 Å². The number of rotatable bonds is 6. The van der Waals surface area contributed by atoms with Crippen LogP contribution in [0.3, 0.4) is 0 Å². The van der Waals surface area contributed by atoms with Gasteiger partial charge in [-0.05, 0) is 53.4 Å². The summed E-state index contributed by atoms with van der Waals surface area (Å²) in [6.07, 6.45) is 0.443. The molecular weight excluding hydrogens is 434 g/mol. The van der Waals surface area contributed by atoms with Crippen molar-refractivity contribution in [2.45, 2.75) is 25.9 Å². The van der Waals surface area contributed by atoms with Gasteiger partial charge < -0.3 is 9.64 Å². The van der Waals surface area contributed by atoms with Gasteiger partial charge in [-0.2, -0.15) is 0 Å². The summed E-state index contributed by atoms with van der Waals surface area (Å²) >= 11 is 5.99. The molecule has 7 heteroatoms. The third-order valence-corrected chi connectivity index (χ3v) is 7.66. The van der Waals surface area contributed by atoms with Crippen molar-refractivity contribution in [2.75, 3.05) is 18.1 Å². The smallest absolute Gasteiger partial charge is 0.261 e. The second-order valence-electron chi connectivity index (χ2n) is 7.92. The molecule has 0 unspecified atom stereocenters. The lowest BCUT2D eigenvalue weighted by Crippen LogP contribution is -2.43. The van der Waals surface area contributed by atoms with E-state index in [0.717, 1.165) is 21.9 Å². The minimum atomic E-state index is -3.14. The maximum atomic E-state index is 13.2. The second-order valence-corrected chi connectivity index (χ2v) is 10.6. The molecule has 5 nitrogen and oxygen atoms in total. The van der Waals surface area contributed by atoms with E-state index in [9.17, 15) is 13.2 Å². The number of carbonyl (C=O) groups excluding carboxylic acids is 1. The molecular formula is C24H24ClNO4S. The minimum absolute atomic E-state index is 0.0104. The summed E-state index contributed by atoms with van der Waals surface area (Å²) in [4.78, 5) is 14.9. The van der Waals surface area contributed by atoms with E-state index in [1.807, 2.05) is 49.4 Å². The molecule has 1 atom stereocenters. The highest BCUT2D eigenvalue weighted by atomic mass is 35.5. The molecule has 1 aliphatic heterocycles. The number of ether oxygens (including phenoxy) is 1. The number of benzene rings is 3. The Morgan fingerprint density at radius 3 is 2.65 bits per heavy atom. The lowest BCUT2D eigenvalue weighted by atomic mass is 10.0. The quantitative estimate of drug-likeness (QED) is 0.550. The van der Waals surface area contributed by atoms with Crippen LogP contribution in [0.15, 0.2) is 60.7 Å². The molecule has 1 amide bonds. The molecule has 31 heavy (non-hydrogen) atoms. The molecule has 1 aliphatic rings. The number of sulfone groups is 1. The van der Waals surface area contributed by atoms with Gasteiger partial charge >= 0.3 is 0 Å². The lowest BCUT2D eigenvalue weighted by molar-refractivity contribution is -0.136. The number of carbonyl (C=O) groups is 1. The zero-order valence-corrected chi connectivity index (χ0v) is 18.8. The van der Waals surface area contributed by atoms with Gasteiger partial charge in [0.05, 0.1) is 11.5 Å². The molecule has 0 bridgehead atoms. The van der Waals surface area contributed by atoms with Gasteiger partial charge in [-0.3, -0.25) is 4.79 Å². The predicted octanol–water partition coefficient (Wildman–Crippen LogP) is 4.40. The van der Waals surface area contributed by atoms with Crippen molar-refractivity contribution in [3.05, 3.63) is 76.8 Å². The van der Waals surface area contributed by atoms with Gasteiger partial charge in [0, 0.05) is 17.6 Å². The van der Waals surface area contributed by atoms with E-state index in [4.69, 9.17) is 16.3 Å². The molecule has 0 radical (unpaired) electrons. The van der Waals surface area contributed by atoms with Crippen LogP contribution >= 0.6 is 11.6 Å². The van der Waals surface area contributed by atoms with Crippen LogP contribution in [0.2, 0.25) is 5.02 Å². The van der Waals surface area contributed by atoms with E-state index >= 15 is 0 Å². The Bertz CT molecular complexity index is 1220. The average molecular weight is 458 g/mol. The Morgan fingerprint density at radius 1 is 1.13 bits per heavy atom. The molecule has 0 aromatic heterocycles. The first-order valence-electron chi connectivity index (χ1n) is 10.2. The van der Waals surface area contributed by atoms with E-state index in [-0.39, 0.29) is 30.1 Å². The van der Waals surface area contributed by atoms with Gasteiger partial charge in [-0.1, -0.05) is 54.1 Å². The van der Waals surface area contributed by atoms with Gasteiger partial charge in [0.1, 0.15) is 5.75 Å². The highest BCUT2D eigenvalue weighted by Crippen LogP contribution is 2.26. The summed E-state index contributed by atoms with van der Waals surface area (Å²) in [7, 11) is -3.14. The van der Waals surface area contributed by atoms with Crippen molar-refractivity contribution in [1.29, 1.82) is 0 Å². The van der Waals surface area contributed by atoms with Crippen molar-refractivity contribution in [1.82, 2.24) is 4.90 Å². The fourth-order valence-electron chi connectivity index (χ4n) is 4.05. The van der Waals surface area contributed by atoms with Crippen molar-refractivity contribution in [2.24, 2.45) is 0 Å². The third-order valence-electron chi connectivity index (χ3n) is 5.68. The average Bonchev–Trinajstić information content (AvgIpc) is 3.10. The van der Waals surface area contributed by atoms with Crippen LogP contribution in [-0.2, 0) is 21.2 Å². The number of fused-ring (bicyclic) bond motifs is 1. The van der Waals surface area contributed by atoms with Crippen molar-refractivity contribution >= 4 is 38.1 Å². The van der Waals surface area contributed by atoms with E-state index in [2.05, 4.69) is 0 Å². The molecule has 1 heterocycles. The zero-order chi connectivity index (χ0) is 22.0. The Balaban J connectivity index is 1.58. The summed E-state index contributed by atoms with van der Waals surface area (Å²) in [5.74, 6) is 0.448. The van der Waals surface area contributed by atoms with Crippen molar-refractivity contribution in [3.63, 3.8) is 0 Å². The summed E-state index contributed by atoms with van der Waals surface area (Å²) in [6, 6.07) is 18.8. The summed E-state index contributed by atoms with van der Waals surface area (Å²) in [5, 5.41) is 2.74. The van der Waals surface area contributed by atoms with Gasteiger partial charge in [0.2, 0.25) is 0 Å². The Hall–Kier alpha value is -2.57. The highest BCUT2D eigenvalue weighted by Gasteiger charge is 2.35. The maximum Gasteiger partial charge on any atom is 0.261 e. The topological polar surface area (TPSA) is 63.7 Å². The number of hydrogen-bond donors (Lipinski definition) is 0. The van der Waals surface area contributed by atoms with Gasteiger partial charge in [-0.15, -0.1) is 0 Å². The van der Waals surface area contributed by atoms with Crippen LogP contribution in [0, 0.1) is 6.92 Å². The van der Waals surface area contributed by atoms with E-state index < -0.39 is 9.84 Å². The predicted molar refractivity (Wildman–Crippen MR) is 123 cm³/mol. The molecule has 3 aromatic carbocycles. The molecule has 4 rings (SSSR count). The number of halogens is 1. The highest BCUT2D eigenvalue weighted by molar-refractivity contribution is 7.91. The van der Waals surface area contributed by atoms with Crippen molar-refractivity contribution in [3.8, 4) is 5.75 Å². The normalized spacial score (nSPS) is 17.5. The minimum Gasteiger partial charge on any atom is -0.483 e. The Labute approximate surface area is 187 Å².